The Hall–Kier alpha value is -2.70. The van der Waals surface area contributed by atoms with Crippen LogP contribution in [0.5, 0.6) is 0 Å². The summed E-state index contributed by atoms with van der Waals surface area (Å²) in [6.45, 7) is -0.440. The molecule has 28 heavy (non-hydrogen) atoms. The van der Waals surface area contributed by atoms with Crippen molar-refractivity contribution >= 4 is 23.7 Å². The van der Waals surface area contributed by atoms with Gasteiger partial charge in [-0.25, -0.2) is 0 Å². The minimum absolute atomic E-state index is 0.127. The lowest BCUT2D eigenvalue weighted by molar-refractivity contribution is -0.160. The number of carbonyl (C=O) groups excluding carboxylic acids is 4. The minimum atomic E-state index is -1.09. The predicted octanol–water partition coefficient (Wildman–Crippen LogP) is 1.72. The number of fused-ring (bicyclic) bond motifs is 1. The van der Waals surface area contributed by atoms with Gasteiger partial charge in [-0.15, -0.1) is 0 Å². The molecule has 1 N–H and O–H groups in total. The molecule has 1 saturated heterocycles. The molecule has 7 nitrogen and oxygen atoms in total. The van der Waals surface area contributed by atoms with Gasteiger partial charge in [0.25, 0.3) is 5.91 Å². The second-order valence-corrected chi connectivity index (χ2v) is 7.82. The first-order valence-electron chi connectivity index (χ1n) is 9.94. The molecule has 3 aliphatic rings. The summed E-state index contributed by atoms with van der Waals surface area (Å²) < 4.78 is 5.44. The van der Waals surface area contributed by atoms with Crippen molar-refractivity contribution in [3.63, 3.8) is 0 Å². The Morgan fingerprint density at radius 1 is 1.00 bits per heavy atom. The Balaban J connectivity index is 1.44. The number of hydrogen-bond acceptors (Lipinski definition) is 5. The zero-order valence-corrected chi connectivity index (χ0v) is 15.6. The molecule has 2 aliphatic carbocycles. The molecule has 1 aromatic carbocycles. The van der Waals surface area contributed by atoms with Crippen molar-refractivity contribution < 1.29 is 23.9 Å². The van der Waals surface area contributed by atoms with Crippen LogP contribution in [0.25, 0.3) is 0 Å². The molecule has 1 aromatic rings. The third kappa shape index (κ3) is 3.79. The molecule has 1 aliphatic heterocycles. The van der Waals surface area contributed by atoms with Crippen LogP contribution in [0.1, 0.15) is 50.2 Å². The molecule has 0 bridgehead atoms. The number of ether oxygens (including phenoxy) is 1. The highest BCUT2D eigenvalue weighted by molar-refractivity contribution is 6.07. The Morgan fingerprint density at radius 2 is 1.61 bits per heavy atom. The van der Waals surface area contributed by atoms with Gasteiger partial charge in [0, 0.05) is 11.6 Å². The molecule has 1 heterocycles. The highest BCUT2D eigenvalue weighted by atomic mass is 16.5. The largest absolute Gasteiger partial charge is 0.446 e. The van der Waals surface area contributed by atoms with Crippen LogP contribution in [0.4, 0.5) is 0 Å². The number of esters is 1. The van der Waals surface area contributed by atoms with E-state index in [4.69, 9.17) is 4.74 Å². The fraction of sp³-hybridized carbons (Fsp3) is 0.524. The SMILES string of the molecule is O=C(CN1C(=O)[C@H]2CCCC[C@@H]2C1=O)O[C@H](C(=O)NC1CC1)c1ccccc1. The van der Waals surface area contributed by atoms with E-state index in [2.05, 4.69) is 5.32 Å². The fourth-order valence-electron chi connectivity index (χ4n) is 4.09. The molecular formula is C21H24N2O5. The van der Waals surface area contributed by atoms with Crippen molar-refractivity contribution in [2.45, 2.75) is 50.7 Å². The van der Waals surface area contributed by atoms with Crippen LogP contribution in [0, 0.1) is 11.8 Å². The molecule has 0 aromatic heterocycles. The van der Waals surface area contributed by atoms with Crippen LogP contribution in [0.3, 0.4) is 0 Å². The standard InChI is InChI=1S/C21H24N2O5/c24-17(12-23-20(26)15-8-4-5-9-16(15)21(23)27)28-18(13-6-2-1-3-7-13)19(25)22-14-10-11-14/h1-3,6-7,14-16,18H,4-5,8-12H2,(H,22,25)/t15-,16-,18-/m0/s1. The summed E-state index contributed by atoms with van der Waals surface area (Å²) in [6, 6.07) is 8.89. The number of benzene rings is 1. The second-order valence-electron chi connectivity index (χ2n) is 7.82. The number of nitrogens with zero attached hydrogens (tertiary/aromatic N) is 1. The average Bonchev–Trinajstić information content (AvgIpc) is 3.50. The van der Waals surface area contributed by atoms with Crippen molar-refractivity contribution in [1.82, 2.24) is 10.2 Å². The minimum Gasteiger partial charge on any atom is -0.446 e. The van der Waals surface area contributed by atoms with Crippen LogP contribution in [0.2, 0.25) is 0 Å². The zero-order valence-electron chi connectivity index (χ0n) is 15.6. The summed E-state index contributed by atoms with van der Waals surface area (Å²) in [5.41, 5.74) is 0.557. The first kappa shape index (κ1) is 18.7. The number of hydrogen-bond donors (Lipinski definition) is 1. The monoisotopic (exact) mass is 384 g/mol. The van der Waals surface area contributed by atoms with Gasteiger partial charge in [-0.2, -0.15) is 0 Å². The lowest BCUT2D eigenvalue weighted by Crippen LogP contribution is -2.39. The maximum atomic E-state index is 12.6. The van der Waals surface area contributed by atoms with E-state index in [1.54, 1.807) is 24.3 Å². The van der Waals surface area contributed by atoms with Crippen molar-refractivity contribution in [2.24, 2.45) is 11.8 Å². The number of rotatable bonds is 6. The Kier molecular flexibility index (Phi) is 5.15. The molecule has 4 rings (SSSR count). The third-order valence-corrected chi connectivity index (χ3v) is 5.73. The van der Waals surface area contributed by atoms with Crippen LogP contribution in [0.15, 0.2) is 30.3 Å². The third-order valence-electron chi connectivity index (χ3n) is 5.73. The zero-order chi connectivity index (χ0) is 19.7. The predicted molar refractivity (Wildman–Crippen MR) is 98.6 cm³/mol. The van der Waals surface area contributed by atoms with Gasteiger partial charge in [0.15, 0.2) is 0 Å². The van der Waals surface area contributed by atoms with E-state index in [0.29, 0.717) is 18.4 Å². The summed E-state index contributed by atoms with van der Waals surface area (Å²) in [5, 5.41) is 2.85. The van der Waals surface area contributed by atoms with Gasteiger partial charge in [-0.3, -0.25) is 24.1 Å². The Labute approximate surface area is 163 Å². The van der Waals surface area contributed by atoms with Crippen LogP contribution >= 0.6 is 0 Å². The van der Waals surface area contributed by atoms with Gasteiger partial charge in [0.1, 0.15) is 6.54 Å². The van der Waals surface area contributed by atoms with Gasteiger partial charge in [-0.1, -0.05) is 43.2 Å². The molecule has 3 amide bonds. The first-order chi connectivity index (χ1) is 13.5. The molecule has 3 fully saturated rings. The molecule has 2 saturated carbocycles. The van der Waals surface area contributed by atoms with Gasteiger partial charge in [-0.05, 0) is 25.7 Å². The molecule has 7 heteroatoms. The van der Waals surface area contributed by atoms with E-state index < -0.39 is 18.6 Å². The van der Waals surface area contributed by atoms with Gasteiger partial charge in [0.05, 0.1) is 11.8 Å². The number of nitrogens with one attached hydrogen (secondary N) is 1. The maximum absolute atomic E-state index is 12.6. The van der Waals surface area contributed by atoms with Crippen LogP contribution < -0.4 is 5.32 Å². The normalized spacial score (nSPS) is 25.2. The molecular weight excluding hydrogens is 360 g/mol. The average molecular weight is 384 g/mol. The van der Waals surface area contributed by atoms with Crippen LogP contribution in [-0.4, -0.2) is 41.2 Å². The quantitative estimate of drug-likeness (QED) is 0.596. The summed E-state index contributed by atoms with van der Waals surface area (Å²) in [6.07, 6.45) is 3.98. The number of likely N-dealkylation sites (tertiary alicyclic amines) is 1. The Morgan fingerprint density at radius 3 is 2.18 bits per heavy atom. The van der Waals surface area contributed by atoms with E-state index in [-0.39, 0.29) is 35.6 Å². The van der Waals surface area contributed by atoms with E-state index >= 15 is 0 Å². The van der Waals surface area contributed by atoms with E-state index in [0.717, 1.165) is 30.6 Å². The molecule has 0 radical (unpaired) electrons. The van der Waals surface area contributed by atoms with Crippen molar-refractivity contribution in [3.05, 3.63) is 35.9 Å². The topological polar surface area (TPSA) is 92.8 Å². The Bertz CT molecular complexity index is 765. The van der Waals surface area contributed by atoms with E-state index in [1.807, 2.05) is 6.07 Å². The first-order valence-corrected chi connectivity index (χ1v) is 9.94. The number of imide groups is 1. The van der Waals surface area contributed by atoms with Crippen molar-refractivity contribution in [3.8, 4) is 0 Å². The van der Waals surface area contributed by atoms with E-state index in [9.17, 15) is 19.2 Å². The molecule has 0 spiro atoms. The summed E-state index contributed by atoms with van der Waals surface area (Å²) in [4.78, 5) is 51.2. The maximum Gasteiger partial charge on any atom is 0.327 e. The van der Waals surface area contributed by atoms with Crippen molar-refractivity contribution in [2.75, 3.05) is 6.54 Å². The highest BCUT2D eigenvalue weighted by Crippen LogP contribution is 2.38. The van der Waals surface area contributed by atoms with E-state index in [1.165, 1.54) is 0 Å². The second kappa shape index (κ2) is 7.73. The molecule has 148 valence electrons. The molecule has 3 atom stereocenters. The summed E-state index contributed by atoms with van der Waals surface area (Å²) in [5.74, 6) is -2.32. The number of amides is 3. The lowest BCUT2D eigenvalue weighted by Gasteiger charge is -2.20. The van der Waals surface area contributed by atoms with Crippen molar-refractivity contribution in [1.29, 1.82) is 0 Å². The van der Waals surface area contributed by atoms with Gasteiger partial charge in [0.2, 0.25) is 17.9 Å². The smallest absolute Gasteiger partial charge is 0.327 e. The van der Waals surface area contributed by atoms with Gasteiger partial charge < -0.3 is 10.1 Å². The van der Waals surface area contributed by atoms with Gasteiger partial charge >= 0.3 is 5.97 Å². The van der Waals surface area contributed by atoms with Crippen LogP contribution in [-0.2, 0) is 23.9 Å². The highest BCUT2D eigenvalue weighted by Gasteiger charge is 2.48. The lowest BCUT2D eigenvalue weighted by atomic mass is 9.81. The fourth-order valence-corrected chi connectivity index (χ4v) is 4.09. The molecule has 0 unspecified atom stereocenters. The number of carbonyl (C=O) groups is 4. The summed E-state index contributed by atoms with van der Waals surface area (Å²) >= 11 is 0. The summed E-state index contributed by atoms with van der Waals surface area (Å²) in [7, 11) is 0.